The van der Waals surface area contributed by atoms with Crippen molar-refractivity contribution in [3.63, 3.8) is 0 Å². The largest absolute Gasteiger partial charge is 0.456 e. The van der Waals surface area contributed by atoms with Crippen molar-refractivity contribution in [1.82, 2.24) is 0 Å². The second-order valence-electron chi connectivity index (χ2n) is 12.4. The van der Waals surface area contributed by atoms with Gasteiger partial charge in [0.15, 0.2) is 0 Å². The molecule has 0 radical (unpaired) electrons. The van der Waals surface area contributed by atoms with Gasteiger partial charge in [-0.25, -0.2) is 0 Å². The summed E-state index contributed by atoms with van der Waals surface area (Å²) in [6, 6.07) is 61.4. The summed E-state index contributed by atoms with van der Waals surface area (Å²) in [5, 5.41) is 12.3. The predicted octanol–water partition coefficient (Wildman–Crippen LogP) is 13.2. The molecule has 0 fully saturated rings. The Kier molecular flexibility index (Phi) is 5.64. The Morgan fingerprint density at radius 3 is 1.38 bits per heavy atom. The van der Waals surface area contributed by atoms with Crippen LogP contribution in [-0.2, 0) is 0 Å². The van der Waals surface area contributed by atoms with Crippen molar-refractivity contribution in [3.05, 3.63) is 170 Å². The molecule has 1 aromatic heterocycles. The topological polar surface area (TPSA) is 13.1 Å². The summed E-state index contributed by atoms with van der Waals surface area (Å²) >= 11 is 0. The standard InChI is InChI=1S/C46H28O/c1-2-12-29(13-3-1)45-38-18-8-10-20-40(38)46(41-21-11-9-19-39(41)45)32-23-25-37-36-24-22-31(27-43(36)47-44(37)28-32)42-26-30-14-4-5-15-33(30)34-16-6-7-17-35(34)42/h1-28H. The fourth-order valence-electron chi connectivity index (χ4n) is 7.75. The molecule has 1 nitrogen and oxygen atoms in total. The zero-order valence-electron chi connectivity index (χ0n) is 25.6. The van der Waals surface area contributed by atoms with Gasteiger partial charge in [-0.3, -0.25) is 0 Å². The third-order valence-corrected chi connectivity index (χ3v) is 9.83. The fraction of sp³-hybridized carbons (Fsp3) is 0. The maximum atomic E-state index is 6.69. The van der Waals surface area contributed by atoms with Crippen LogP contribution < -0.4 is 0 Å². The first kappa shape index (κ1) is 26.1. The molecule has 0 N–H and O–H groups in total. The normalized spacial score (nSPS) is 11.8. The summed E-state index contributed by atoms with van der Waals surface area (Å²) in [5.74, 6) is 0. The molecule has 1 heteroatoms. The maximum Gasteiger partial charge on any atom is 0.136 e. The smallest absolute Gasteiger partial charge is 0.136 e. The van der Waals surface area contributed by atoms with Crippen LogP contribution in [-0.4, -0.2) is 0 Å². The number of benzene rings is 9. The van der Waals surface area contributed by atoms with E-state index < -0.39 is 0 Å². The van der Waals surface area contributed by atoms with Gasteiger partial charge in [-0.05, 0) is 107 Å². The summed E-state index contributed by atoms with van der Waals surface area (Å²) in [6.45, 7) is 0. The molecule has 0 bridgehead atoms. The van der Waals surface area contributed by atoms with E-state index in [0.29, 0.717) is 0 Å². The van der Waals surface area contributed by atoms with Gasteiger partial charge < -0.3 is 4.42 Å². The van der Waals surface area contributed by atoms with Gasteiger partial charge >= 0.3 is 0 Å². The summed E-state index contributed by atoms with van der Waals surface area (Å²) < 4.78 is 6.69. The van der Waals surface area contributed by atoms with Crippen molar-refractivity contribution >= 4 is 65.0 Å². The average Bonchev–Trinajstić information content (AvgIpc) is 3.51. The van der Waals surface area contributed by atoms with E-state index in [1.807, 2.05) is 0 Å². The van der Waals surface area contributed by atoms with Gasteiger partial charge in [-0.1, -0.05) is 140 Å². The maximum absolute atomic E-state index is 6.69. The molecule has 0 atom stereocenters. The summed E-state index contributed by atoms with van der Waals surface area (Å²) in [7, 11) is 0. The molecular weight excluding hydrogens is 569 g/mol. The third kappa shape index (κ3) is 3.97. The lowest BCUT2D eigenvalue weighted by Crippen LogP contribution is -1.90. The zero-order chi connectivity index (χ0) is 30.9. The van der Waals surface area contributed by atoms with E-state index in [4.69, 9.17) is 4.42 Å². The van der Waals surface area contributed by atoms with Crippen LogP contribution in [0.2, 0.25) is 0 Å². The minimum absolute atomic E-state index is 0.901. The molecule has 9 aromatic carbocycles. The minimum Gasteiger partial charge on any atom is -0.456 e. The molecule has 0 saturated carbocycles. The monoisotopic (exact) mass is 596 g/mol. The molecular formula is C46H28O. The Hall–Kier alpha value is -6.18. The van der Waals surface area contributed by atoms with Gasteiger partial charge in [0.05, 0.1) is 0 Å². The molecule has 0 unspecified atom stereocenters. The predicted molar refractivity (Wildman–Crippen MR) is 200 cm³/mol. The van der Waals surface area contributed by atoms with Gasteiger partial charge in [-0.15, -0.1) is 0 Å². The van der Waals surface area contributed by atoms with Gasteiger partial charge in [0.2, 0.25) is 0 Å². The van der Waals surface area contributed by atoms with Gasteiger partial charge in [-0.2, -0.15) is 0 Å². The highest BCUT2D eigenvalue weighted by Gasteiger charge is 2.18. The average molecular weight is 597 g/mol. The molecule has 218 valence electrons. The van der Waals surface area contributed by atoms with E-state index in [-0.39, 0.29) is 0 Å². The van der Waals surface area contributed by atoms with Crippen LogP contribution in [0.4, 0.5) is 0 Å². The lowest BCUT2D eigenvalue weighted by atomic mass is 9.86. The van der Waals surface area contributed by atoms with Gasteiger partial charge in [0, 0.05) is 10.8 Å². The van der Waals surface area contributed by atoms with E-state index >= 15 is 0 Å². The first-order valence-electron chi connectivity index (χ1n) is 16.2. The molecule has 47 heavy (non-hydrogen) atoms. The molecule has 0 aliphatic rings. The zero-order valence-corrected chi connectivity index (χ0v) is 25.6. The second-order valence-corrected chi connectivity index (χ2v) is 12.4. The number of hydrogen-bond donors (Lipinski definition) is 0. The molecule has 1 heterocycles. The Balaban J connectivity index is 1.18. The van der Waals surface area contributed by atoms with Crippen molar-refractivity contribution < 1.29 is 4.42 Å². The van der Waals surface area contributed by atoms with E-state index in [1.54, 1.807) is 0 Å². The van der Waals surface area contributed by atoms with Crippen LogP contribution in [0, 0.1) is 0 Å². The van der Waals surface area contributed by atoms with Crippen LogP contribution in [0.1, 0.15) is 0 Å². The minimum atomic E-state index is 0.901. The third-order valence-electron chi connectivity index (χ3n) is 9.83. The van der Waals surface area contributed by atoms with Crippen molar-refractivity contribution in [3.8, 4) is 33.4 Å². The van der Waals surface area contributed by atoms with Crippen molar-refractivity contribution in [2.75, 3.05) is 0 Å². The number of furan rings is 1. The summed E-state index contributed by atoms with van der Waals surface area (Å²) in [4.78, 5) is 0. The highest BCUT2D eigenvalue weighted by atomic mass is 16.3. The lowest BCUT2D eigenvalue weighted by Gasteiger charge is -2.17. The molecule has 0 spiro atoms. The molecule has 0 aliphatic carbocycles. The van der Waals surface area contributed by atoms with E-state index in [1.165, 1.54) is 65.3 Å². The van der Waals surface area contributed by atoms with Crippen LogP contribution in [0.5, 0.6) is 0 Å². The highest BCUT2D eigenvalue weighted by Crippen LogP contribution is 2.45. The van der Waals surface area contributed by atoms with Gasteiger partial charge in [0.25, 0.3) is 0 Å². The second kappa shape index (κ2) is 10.2. The van der Waals surface area contributed by atoms with E-state index in [2.05, 4.69) is 170 Å². The van der Waals surface area contributed by atoms with Gasteiger partial charge in [0.1, 0.15) is 11.2 Å². The Morgan fingerprint density at radius 2 is 0.745 bits per heavy atom. The summed E-state index contributed by atoms with van der Waals surface area (Å²) in [5.41, 5.74) is 9.09. The Bertz CT molecular complexity index is 2780. The van der Waals surface area contributed by atoms with Crippen LogP contribution in [0.3, 0.4) is 0 Å². The van der Waals surface area contributed by atoms with E-state index in [9.17, 15) is 0 Å². The van der Waals surface area contributed by atoms with Crippen LogP contribution in [0.15, 0.2) is 174 Å². The highest BCUT2D eigenvalue weighted by molar-refractivity contribution is 6.22. The lowest BCUT2D eigenvalue weighted by molar-refractivity contribution is 0.669. The first-order chi connectivity index (χ1) is 23.3. The first-order valence-corrected chi connectivity index (χ1v) is 16.2. The fourth-order valence-corrected chi connectivity index (χ4v) is 7.75. The molecule has 0 aliphatic heterocycles. The Labute approximate surface area is 271 Å². The summed E-state index contributed by atoms with van der Waals surface area (Å²) in [6.07, 6.45) is 0. The number of rotatable bonds is 3. The molecule has 0 saturated heterocycles. The molecule has 10 aromatic rings. The number of hydrogen-bond acceptors (Lipinski definition) is 1. The van der Waals surface area contributed by atoms with Crippen molar-refractivity contribution in [2.45, 2.75) is 0 Å². The SMILES string of the molecule is c1ccc(-c2c3ccccc3c(-c3ccc4c(c3)oc3cc(-c5cc6ccccc6c6ccccc56)ccc34)c3ccccc23)cc1. The number of fused-ring (bicyclic) bond motifs is 8. The Morgan fingerprint density at radius 1 is 0.277 bits per heavy atom. The van der Waals surface area contributed by atoms with Crippen molar-refractivity contribution in [1.29, 1.82) is 0 Å². The molecule has 0 amide bonds. The quantitative estimate of drug-likeness (QED) is 0.146. The van der Waals surface area contributed by atoms with Crippen LogP contribution in [0.25, 0.3) is 98.4 Å². The molecule has 10 rings (SSSR count). The van der Waals surface area contributed by atoms with Crippen molar-refractivity contribution in [2.24, 2.45) is 0 Å². The van der Waals surface area contributed by atoms with E-state index in [0.717, 1.165) is 33.1 Å². The van der Waals surface area contributed by atoms with Crippen LogP contribution >= 0.6 is 0 Å².